The lowest BCUT2D eigenvalue weighted by Gasteiger charge is -2.32. The van der Waals surface area contributed by atoms with E-state index in [1.807, 2.05) is 12.1 Å². The van der Waals surface area contributed by atoms with Crippen LogP contribution >= 0.6 is 0 Å². The topological polar surface area (TPSA) is 41.6 Å². The molecule has 1 N–H and O–H groups in total. The van der Waals surface area contributed by atoms with Crippen LogP contribution in [0.2, 0.25) is 0 Å². The number of benzene rings is 1. The Morgan fingerprint density at radius 2 is 1.85 bits per heavy atom. The van der Waals surface area contributed by atoms with Gasteiger partial charge in [-0.1, -0.05) is 19.1 Å². The molecule has 0 saturated carbocycles. The number of likely N-dealkylation sites (tertiary alicyclic amines) is 1. The molecule has 26 heavy (non-hydrogen) atoms. The van der Waals surface area contributed by atoms with Gasteiger partial charge >= 0.3 is 0 Å². The van der Waals surface area contributed by atoms with Gasteiger partial charge in [0.05, 0.1) is 0 Å². The molecule has 1 aromatic carbocycles. The first kappa shape index (κ1) is 19.3. The molecule has 0 aliphatic carbocycles. The summed E-state index contributed by atoms with van der Waals surface area (Å²) in [6.45, 7) is 7.36. The SMILES string of the molecule is CC(C(=O)NCC1CCN(Cc2ccc(F)cc2)CC1)C1CCOCC1. The number of hydrogen-bond donors (Lipinski definition) is 1. The quantitative estimate of drug-likeness (QED) is 0.845. The number of nitrogens with one attached hydrogen (secondary N) is 1. The van der Waals surface area contributed by atoms with Gasteiger partial charge in [-0.05, 0) is 68.3 Å². The molecule has 1 unspecified atom stereocenters. The average molecular weight is 362 g/mol. The predicted octanol–water partition coefficient (Wildman–Crippen LogP) is 3.22. The van der Waals surface area contributed by atoms with Gasteiger partial charge in [-0.3, -0.25) is 9.69 Å². The second kappa shape index (κ2) is 9.47. The third kappa shape index (κ3) is 5.52. The minimum Gasteiger partial charge on any atom is -0.381 e. The minimum atomic E-state index is -0.182. The van der Waals surface area contributed by atoms with E-state index in [0.29, 0.717) is 11.8 Å². The van der Waals surface area contributed by atoms with Crippen LogP contribution < -0.4 is 5.32 Å². The van der Waals surface area contributed by atoms with Crippen molar-refractivity contribution in [2.24, 2.45) is 17.8 Å². The Bertz CT molecular complexity index is 564. The highest BCUT2D eigenvalue weighted by Gasteiger charge is 2.27. The molecule has 2 saturated heterocycles. The van der Waals surface area contributed by atoms with Crippen LogP contribution in [0.1, 0.15) is 38.2 Å². The zero-order valence-corrected chi connectivity index (χ0v) is 15.8. The maximum absolute atomic E-state index is 13.0. The minimum absolute atomic E-state index is 0.0810. The summed E-state index contributed by atoms with van der Waals surface area (Å²) in [5.41, 5.74) is 1.16. The Morgan fingerprint density at radius 1 is 1.19 bits per heavy atom. The number of halogens is 1. The van der Waals surface area contributed by atoms with E-state index in [1.165, 1.54) is 12.1 Å². The molecule has 4 nitrogen and oxygen atoms in total. The van der Waals surface area contributed by atoms with Crippen LogP contribution in [-0.4, -0.2) is 43.7 Å². The van der Waals surface area contributed by atoms with Crippen molar-refractivity contribution in [2.75, 3.05) is 32.8 Å². The fourth-order valence-electron chi connectivity index (χ4n) is 4.03. The summed E-state index contributed by atoms with van der Waals surface area (Å²) in [6, 6.07) is 6.77. The second-order valence-corrected chi connectivity index (χ2v) is 7.83. The predicted molar refractivity (Wildman–Crippen MR) is 100 cm³/mol. The number of nitrogens with zero attached hydrogens (tertiary/aromatic N) is 1. The number of rotatable bonds is 6. The van der Waals surface area contributed by atoms with Gasteiger partial charge in [0.1, 0.15) is 5.82 Å². The van der Waals surface area contributed by atoms with Gasteiger partial charge in [-0.15, -0.1) is 0 Å². The fraction of sp³-hybridized carbons (Fsp3) is 0.667. The van der Waals surface area contributed by atoms with E-state index in [0.717, 1.165) is 70.6 Å². The Hall–Kier alpha value is -1.46. The van der Waals surface area contributed by atoms with Gasteiger partial charge in [0.15, 0.2) is 0 Å². The number of amides is 1. The first-order valence-electron chi connectivity index (χ1n) is 9.94. The molecule has 1 amide bonds. The van der Waals surface area contributed by atoms with Crippen LogP contribution in [-0.2, 0) is 16.1 Å². The molecule has 1 aromatic rings. The monoisotopic (exact) mass is 362 g/mol. The molecule has 1 atom stereocenters. The van der Waals surface area contributed by atoms with Crippen molar-refractivity contribution in [1.82, 2.24) is 10.2 Å². The number of carbonyl (C=O) groups excluding carboxylic acids is 1. The van der Waals surface area contributed by atoms with Crippen molar-refractivity contribution in [3.63, 3.8) is 0 Å². The van der Waals surface area contributed by atoms with E-state index in [9.17, 15) is 9.18 Å². The van der Waals surface area contributed by atoms with Gasteiger partial charge in [0, 0.05) is 32.2 Å². The van der Waals surface area contributed by atoms with Crippen molar-refractivity contribution >= 4 is 5.91 Å². The number of ether oxygens (including phenoxy) is 1. The first-order chi connectivity index (χ1) is 12.6. The van der Waals surface area contributed by atoms with Crippen molar-refractivity contribution in [1.29, 1.82) is 0 Å². The van der Waals surface area contributed by atoms with Gasteiger partial charge < -0.3 is 10.1 Å². The molecule has 2 aliphatic heterocycles. The second-order valence-electron chi connectivity index (χ2n) is 7.83. The number of hydrogen-bond acceptors (Lipinski definition) is 3. The lowest BCUT2D eigenvalue weighted by atomic mass is 9.86. The number of carbonyl (C=O) groups is 1. The molecule has 2 heterocycles. The summed E-state index contributed by atoms with van der Waals surface area (Å²) in [7, 11) is 0. The standard InChI is InChI=1S/C21H31FN2O2/c1-16(19-8-12-26-13-9-19)21(25)23-14-17-6-10-24(11-7-17)15-18-2-4-20(22)5-3-18/h2-5,16-17,19H,6-15H2,1H3,(H,23,25). The van der Waals surface area contributed by atoms with E-state index < -0.39 is 0 Å². The fourth-order valence-corrected chi connectivity index (χ4v) is 4.03. The summed E-state index contributed by atoms with van der Waals surface area (Å²) in [5, 5.41) is 3.18. The number of piperidine rings is 1. The molecule has 0 radical (unpaired) electrons. The molecule has 0 spiro atoms. The normalized spacial score (nSPS) is 21.5. The van der Waals surface area contributed by atoms with Crippen LogP contribution in [0.5, 0.6) is 0 Å². The van der Waals surface area contributed by atoms with Crippen LogP contribution in [0, 0.1) is 23.6 Å². The third-order valence-electron chi connectivity index (χ3n) is 5.98. The van der Waals surface area contributed by atoms with Crippen LogP contribution in [0.15, 0.2) is 24.3 Å². The lowest BCUT2D eigenvalue weighted by Crippen LogP contribution is -2.41. The van der Waals surface area contributed by atoms with Crippen LogP contribution in [0.25, 0.3) is 0 Å². The van der Waals surface area contributed by atoms with E-state index >= 15 is 0 Å². The largest absolute Gasteiger partial charge is 0.381 e. The van der Waals surface area contributed by atoms with Gasteiger partial charge in [-0.25, -0.2) is 4.39 Å². The zero-order valence-electron chi connectivity index (χ0n) is 15.8. The molecule has 3 rings (SSSR count). The van der Waals surface area contributed by atoms with Gasteiger partial charge in [-0.2, -0.15) is 0 Å². The summed E-state index contributed by atoms with van der Waals surface area (Å²) < 4.78 is 18.4. The molecule has 0 bridgehead atoms. The zero-order chi connectivity index (χ0) is 18.4. The maximum Gasteiger partial charge on any atom is 0.223 e. The van der Waals surface area contributed by atoms with Gasteiger partial charge in [0.25, 0.3) is 0 Å². The highest BCUT2D eigenvalue weighted by molar-refractivity contribution is 5.78. The van der Waals surface area contributed by atoms with E-state index in [-0.39, 0.29) is 17.6 Å². The molecular weight excluding hydrogens is 331 g/mol. The van der Waals surface area contributed by atoms with Crippen molar-refractivity contribution in [3.05, 3.63) is 35.6 Å². The van der Waals surface area contributed by atoms with E-state index in [2.05, 4.69) is 17.1 Å². The Kier molecular flexibility index (Phi) is 7.03. The highest BCUT2D eigenvalue weighted by Crippen LogP contribution is 2.24. The maximum atomic E-state index is 13.0. The molecular formula is C21H31FN2O2. The molecule has 2 fully saturated rings. The molecule has 2 aliphatic rings. The highest BCUT2D eigenvalue weighted by atomic mass is 19.1. The lowest BCUT2D eigenvalue weighted by molar-refractivity contribution is -0.127. The third-order valence-corrected chi connectivity index (χ3v) is 5.98. The smallest absolute Gasteiger partial charge is 0.223 e. The van der Waals surface area contributed by atoms with Crippen molar-refractivity contribution < 1.29 is 13.9 Å². The Morgan fingerprint density at radius 3 is 2.50 bits per heavy atom. The average Bonchev–Trinajstić information content (AvgIpc) is 2.69. The molecule has 144 valence electrons. The van der Waals surface area contributed by atoms with E-state index in [4.69, 9.17) is 4.74 Å². The molecule has 0 aromatic heterocycles. The van der Waals surface area contributed by atoms with E-state index in [1.54, 1.807) is 0 Å². The molecule has 5 heteroatoms. The summed E-state index contributed by atoms with van der Waals surface area (Å²) in [4.78, 5) is 14.8. The Labute approximate surface area is 156 Å². The van der Waals surface area contributed by atoms with Gasteiger partial charge in [0.2, 0.25) is 5.91 Å². The Balaban J connectivity index is 1.35. The summed E-state index contributed by atoms with van der Waals surface area (Å²) in [6.07, 6.45) is 4.20. The van der Waals surface area contributed by atoms with Crippen molar-refractivity contribution in [2.45, 2.75) is 39.2 Å². The first-order valence-corrected chi connectivity index (χ1v) is 9.94. The van der Waals surface area contributed by atoms with Crippen molar-refractivity contribution in [3.8, 4) is 0 Å². The summed E-state index contributed by atoms with van der Waals surface area (Å²) in [5.74, 6) is 1.12. The van der Waals surface area contributed by atoms with Crippen LogP contribution in [0.3, 0.4) is 0 Å². The summed E-state index contributed by atoms with van der Waals surface area (Å²) >= 11 is 0. The van der Waals surface area contributed by atoms with Crippen LogP contribution in [0.4, 0.5) is 4.39 Å².